The molecule has 0 saturated heterocycles. The Morgan fingerprint density at radius 1 is 1.07 bits per heavy atom. The van der Waals surface area contributed by atoms with Gasteiger partial charge in [-0.2, -0.15) is 0 Å². The van der Waals surface area contributed by atoms with Gasteiger partial charge in [-0.1, -0.05) is 6.07 Å². The van der Waals surface area contributed by atoms with Gasteiger partial charge in [0.1, 0.15) is 23.4 Å². The highest BCUT2D eigenvalue weighted by Crippen LogP contribution is 2.43. The van der Waals surface area contributed by atoms with Crippen LogP contribution < -0.4 is 23.7 Å². The van der Waals surface area contributed by atoms with Crippen LogP contribution in [0.2, 0.25) is 0 Å². The number of fused-ring (bicyclic) bond motifs is 1. The second kappa shape index (κ2) is 9.58. The maximum Gasteiger partial charge on any atom is 0.344 e. The van der Waals surface area contributed by atoms with E-state index in [1.54, 1.807) is 51.5 Å². The molecule has 2 aromatic carbocycles. The third kappa shape index (κ3) is 4.54. The fourth-order valence-corrected chi connectivity index (χ4v) is 3.34. The zero-order valence-electron chi connectivity index (χ0n) is 17.5. The van der Waals surface area contributed by atoms with Crippen molar-refractivity contribution in [3.05, 3.63) is 41.5 Å². The first-order valence-corrected chi connectivity index (χ1v) is 9.56. The molecule has 0 fully saturated rings. The molecule has 0 unspecified atom stereocenters. The van der Waals surface area contributed by atoms with Crippen molar-refractivity contribution < 1.29 is 38.3 Å². The lowest BCUT2D eigenvalue weighted by atomic mass is 9.94. The summed E-state index contributed by atoms with van der Waals surface area (Å²) in [5.41, 5.74) is 1.48. The Labute approximate surface area is 175 Å². The molecular formula is C22H26O8. The Balaban J connectivity index is 1.84. The quantitative estimate of drug-likeness (QED) is 0.654. The average Bonchev–Trinajstić information content (AvgIpc) is 2.76. The molecule has 162 valence electrons. The standard InChI is InChI=1S/C22H26O8/c1-5-28-21(24)12-29-17-7-6-13(8-20(17)27-4)22-16(23)11-15-18(26-3)9-14(25-2)10-19(15)30-22/h6-10,16,22-23H,5,11-12H2,1-4H3/t16-,22-/m1/s1. The normalized spacial score (nSPS) is 17.4. The highest BCUT2D eigenvalue weighted by molar-refractivity contribution is 5.71. The van der Waals surface area contributed by atoms with Crippen molar-refractivity contribution in [2.45, 2.75) is 25.6 Å². The minimum Gasteiger partial charge on any atom is -0.496 e. The molecule has 3 rings (SSSR count). The SMILES string of the molecule is CCOC(=O)COc1ccc([C@H]2Oc3cc(OC)cc(OC)c3C[C@H]2O)cc1OC. The number of hydrogen-bond donors (Lipinski definition) is 1. The van der Waals surface area contributed by atoms with Crippen molar-refractivity contribution in [2.75, 3.05) is 34.5 Å². The van der Waals surface area contributed by atoms with Crippen molar-refractivity contribution in [2.24, 2.45) is 0 Å². The number of carbonyl (C=O) groups is 1. The number of esters is 1. The van der Waals surface area contributed by atoms with Gasteiger partial charge in [-0.25, -0.2) is 4.79 Å². The summed E-state index contributed by atoms with van der Waals surface area (Å²) in [5.74, 6) is 2.13. The molecule has 0 spiro atoms. The van der Waals surface area contributed by atoms with Crippen LogP contribution in [0.1, 0.15) is 24.2 Å². The van der Waals surface area contributed by atoms with E-state index in [9.17, 15) is 9.90 Å². The summed E-state index contributed by atoms with van der Waals surface area (Å²) in [6, 6.07) is 8.68. The lowest BCUT2D eigenvalue weighted by Gasteiger charge is -2.32. The van der Waals surface area contributed by atoms with Crippen LogP contribution in [-0.4, -0.2) is 51.7 Å². The second-order valence-electron chi connectivity index (χ2n) is 6.62. The molecule has 1 aliphatic rings. The molecule has 30 heavy (non-hydrogen) atoms. The van der Waals surface area contributed by atoms with Crippen LogP contribution in [-0.2, 0) is 16.0 Å². The molecule has 0 aliphatic carbocycles. The van der Waals surface area contributed by atoms with Crippen molar-refractivity contribution in [1.82, 2.24) is 0 Å². The number of hydrogen-bond acceptors (Lipinski definition) is 8. The third-order valence-corrected chi connectivity index (χ3v) is 4.78. The Morgan fingerprint density at radius 2 is 1.83 bits per heavy atom. The highest BCUT2D eigenvalue weighted by Gasteiger charge is 2.33. The monoisotopic (exact) mass is 418 g/mol. The van der Waals surface area contributed by atoms with Crippen LogP contribution in [0.15, 0.2) is 30.3 Å². The van der Waals surface area contributed by atoms with Gasteiger partial charge in [0.25, 0.3) is 0 Å². The maximum atomic E-state index is 11.5. The number of carbonyl (C=O) groups excluding carboxylic acids is 1. The van der Waals surface area contributed by atoms with E-state index in [4.69, 9.17) is 28.4 Å². The molecule has 2 aromatic rings. The summed E-state index contributed by atoms with van der Waals surface area (Å²) < 4.78 is 32.6. The smallest absolute Gasteiger partial charge is 0.344 e. The number of aliphatic hydroxyl groups is 1. The predicted octanol–water partition coefficient (Wildman–Crippen LogP) is 2.69. The van der Waals surface area contributed by atoms with Gasteiger partial charge in [0.15, 0.2) is 18.1 Å². The molecule has 1 aliphatic heterocycles. The van der Waals surface area contributed by atoms with E-state index in [-0.39, 0.29) is 13.2 Å². The minimum absolute atomic E-state index is 0.223. The van der Waals surface area contributed by atoms with Gasteiger partial charge >= 0.3 is 5.97 Å². The Hall–Kier alpha value is -3.13. The number of ether oxygens (including phenoxy) is 6. The summed E-state index contributed by atoms with van der Waals surface area (Å²) in [7, 11) is 4.63. The van der Waals surface area contributed by atoms with Gasteiger partial charge in [0.05, 0.1) is 34.0 Å². The largest absolute Gasteiger partial charge is 0.496 e. The van der Waals surface area contributed by atoms with E-state index in [1.165, 1.54) is 7.11 Å². The Kier molecular flexibility index (Phi) is 6.89. The van der Waals surface area contributed by atoms with Crippen LogP contribution in [0.4, 0.5) is 0 Å². The first-order chi connectivity index (χ1) is 14.5. The molecule has 0 amide bonds. The summed E-state index contributed by atoms with van der Waals surface area (Å²) in [6.45, 7) is 1.79. The number of methoxy groups -OCH3 is 3. The highest BCUT2D eigenvalue weighted by atomic mass is 16.6. The Morgan fingerprint density at radius 3 is 2.50 bits per heavy atom. The zero-order valence-corrected chi connectivity index (χ0v) is 17.5. The third-order valence-electron chi connectivity index (χ3n) is 4.78. The molecule has 8 nitrogen and oxygen atoms in total. The predicted molar refractivity (Wildman–Crippen MR) is 108 cm³/mol. The van der Waals surface area contributed by atoms with Gasteiger partial charge in [-0.3, -0.25) is 0 Å². The van der Waals surface area contributed by atoms with Gasteiger partial charge in [-0.15, -0.1) is 0 Å². The van der Waals surface area contributed by atoms with Crippen LogP contribution >= 0.6 is 0 Å². The number of aliphatic hydroxyl groups excluding tert-OH is 1. The molecule has 0 radical (unpaired) electrons. The molecule has 8 heteroatoms. The molecule has 0 aromatic heterocycles. The molecule has 1 N–H and O–H groups in total. The van der Waals surface area contributed by atoms with E-state index >= 15 is 0 Å². The summed E-state index contributed by atoms with van der Waals surface area (Å²) in [6.07, 6.45) is -1.06. The average molecular weight is 418 g/mol. The summed E-state index contributed by atoms with van der Waals surface area (Å²) >= 11 is 0. The zero-order chi connectivity index (χ0) is 21.7. The van der Waals surface area contributed by atoms with E-state index in [0.717, 1.165) is 5.56 Å². The lowest BCUT2D eigenvalue weighted by Crippen LogP contribution is -2.30. The molecule has 0 saturated carbocycles. The van der Waals surface area contributed by atoms with Crippen LogP contribution in [0.3, 0.4) is 0 Å². The number of benzene rings is 2. The minimum atomic E-state index is -0.796. The van der Waals surface area contributed by atoms with E-state index in [1.807, 2.05) is 0 Å². The fraction of sp³-hybridized carbons (Fsp3) is 0.409. The fourth-order valence-electron chi connectivity index (χ4n) is 3.34. The molecular weight excluding hydrogens is 392 g/mol. The van der Waals surface area contributed by atoms with Crippen LogP contribution in [0.5, 0.6) is 28.7 Å². The van der Waals surface area contributed by atoms with Crippen molar-refractivity contribution in [3.63, 3.8) is 0 Å². The summed E-state index contributed by atoms with van der Waals surface area (Å²) in [4.78, 5) is 11.5. The van der Waals surface area contributed by atoms with E-state index < -0.39 is 18.2 Å². The topological polar surface area (TPSA) is 92.7 Å². The van der Waals surface area contributed by atoms with Gasteiger partial charge in [0, 0.05) is 24.1 Å². The van der Waals surface area contributed by atoms with Crippen molar-refractivity contribution >= 4 is 5.97 Å². The molecule has 2 atom stereocenters. The first-order valence-electron chi connectivity index (χ1n) is 9.56. The van der Waals surface area contributed by atoms with Gasteiger partial charge in [-0.05, 0) is 24.6 Å². The second-order valence-corrected chi connectivity index (χ2v) is 6.62. The van der Waals surface area contributed by atoms with Gasteiger partial charge < -0.3 is 33.5 Å². The van der Waals surface area contributed by atoms with Crippen LogP contribution in [0.25, 0.3) is 0 Å². The number of rotatable bonds is 8. The van der Waals surface area contributed by atoms with Crippen LogP contribution in [0, 0.1) is 0 Å². The first kappa shape index (κ1) is 21.6. The maximum absolute atomic E-state index is 11.5. The van der Waals surface area contributed by atoms with Gasteiger partial charge in [0.2, 0.25) is 0 Å². The molecule has 0 bridgehead atoms. The van der Waals surface area contributed by atoms with E-state index in [0.29, 0.717) is 40.7 Å². The van der Waals surface area contributed by atoms with Crippen molar-refractivity contribution in [1.29, 1.82) is 0 Å². The van der Waals surface area contributed by atoms with Crippen molar-refractivity contribution in [3.8, 4) is 28.7 Å². The lowest BCUT2D eigenvalue weighted by molar-refractivity contribution is -0.145. The van der Waals surface area contributed by atoms with E-state index in [2.05, 4.69) is 0 Å². The summed E-state index contributed by atoms with van der Waals surface area (Å²) in [5, 5.41) is 10.7. The Bertz CT molecular complexity index is 895. The molecule has 1 heterocycles.